The van der Waals surface area contributed by atoms with E-state index in [1.165, 1.54) is 25.8 Å². The van der Waals surface area contributed by atoms with Crippen molar-refractivity contribution in [2.45, 2.75) is 60.8 Å². The van der Waals surface area contributed by atoms with Gasteiger partial charge in [0, 0.05) is 0 Å². The maximum Gasteiger partial charge on any atom is -0.00153 e. The number of hydrogen-bond donors (Lipinski definition) is 1. The molecule has 0 heterocycles. The molecule has 16 heavy (non-hydrogen) atoms. The molecule has 1 aliphatic rings. The van der Waals surface area contributed by atoms with E-state index in [2.05, 4.69) is 33.0 Å². The summed E-state index contributed by atoms with van der Waals surface area (Å²) in [6.07, 6.45) is 4.35. The van der Waals surface area contributed by atoms with Gasteiger partial charge in [-0.15, -0.1) is 0 Å². The molecule has 1 N–H and O–H groups in total. The van der Waals surface area contributed by atoms with Crippen LogP contribution in [0.5, 0.6) is 0 Å². The van der Waals surface area contributed by atoms with E-state index >= 15 is 0 Å². The molecular formula is C15H33N. The van der Waals surface area contributed by atoms with E-state index in [0.29, 0.717) is 0 Å². The Morgan fingerprint density at radius 3 is 2.31 bits per heavy atom. The van der Waals surface area contributed by atoms with E-state index in [0.717, 1.165) is 30.2 Å². The lowest BCUT2D eigenvalue weighted by Gasteiger charge is -2.39. The van der Waals surface area contributed by atoms with E-state index in [-0.39, 0.29) is 0 Å². The first-order valence-corrected chi connectivity index (χ1v) is 7.37. The average Bonchev–Trinajstić information content (AvgIpc) is 2.29. The summed E-state index contributed by atoms with van der Waals surface area (Å²) in [5.41, 5.74) is 0. The minimum atomic E-state index is 0.862. The standard InChI is InChI=1S/C13H27N.C2H6/c1-5-14-9-13-11(4)7-6-8-12(13)10(2)3;1-2/h10-14H,5-9H2,1-4H3;1-2H3. The summed E-state index contributed by atoms with van der Waals surface area (Å²) in [5, 5.41) is 3.53. The van der Waals surface area contributed by atoms with Gasteiger partial charge in [-0.1, -0.05) is 54.4 Å². The molecule has 98 valence electrons. The first-order valence-electron chi connectivity index (χ1n) is 7.37. The largest absolute Gasteiger partial charge is 0.317 e. The molecule has 0 radical (unpaired) electrons. The van der Waals surface area contributed by atoms with Crippen molar-refractivity contribution in [3.8, 4) is 0 Å². The van der Waals surface area contributed by atoms with Gasteiger partial charge in [-0.05, 0) is 43.2 Å². The van der Waals surface area contributed by atoms with Gasteiger partial charge in [0.05, 0.1) is 0 Å². The molecule has 3 atom stereocenters. The molecule has 3 unspecified atom stereocenters. The van der Waals surface area contributed by atoms with Crippen molar-refractivity contribution in [3.63, 3.8) is 0 Å². The van der Waals surface area contributed by atoms with Crippen molar-refractivity contribution in [2.75, 3.05) is 13.1 Å². The molecule has 0 aromatic carbocycles. The lowest BCUT2D eigenvalue weighted by molar-refractivity contribution is 0.122. The maximum absolute atomic E-state index is 3.53. The van der Waals surface area contributed by atoms with Crippen molar-refractivity contribution in [1.82, 2.24) is 5.32 Å². The SMILES string of the molecule is CC.CCNCC1C(C)CCCC1C(C)C. The predicted octanol–water partition coefficient (Wildman–Crippen LogP) is 4.33. The fourth-order valence-corrected chi connectivity index (χ4v) is 3.02. The van der Waals surface area contributed by atoms with Crippen LogP contribution in [0, 0.1) is 23.7 Å². The highest BCUT2D eigenvalue weighted by molar-refractivity contribution is 4.83. The van der Waals surface area contributed by atoms with Gasteiger partial charge in [0.15, 0.2) is 0 Å². The number of hydrogen-bond acceptors (Lipinski definition) is 1. The molecule has 0 aliphatic heterocycles. The topological polar surface area (TPSA) is 12.0 Å². The van der Waals surface area contributed by atoms with Crippen LogP contribution in [-0.4, -0.2) is 13.1 Å². The zero-order valence-electron chi connectivity index (χ0n) is 12.3. The Kier molecular flexibility index (Phi) is 9.02. The Hall–Kier alpha value is -0.0400. The van der Waals surface area contributed by atoms with E-state index in [4.69, 9.17) is 0 Å². The van der Waals surface area contributed by atoms with Crippen LogP contribution < -0.4 is 5.32 Å². The summed E-state index contributed by atoms with van der Waals surface area (Å²) in [6, 6.07) is 0. The summed E-state index contributed by atoms with van der Waals surface area (Å²) in [7, 11) is 0. The van der Waals surface area contributed by atoms with Crippen LogP contribution in [0.25, 0.3) is 0 Å². The normalized spacial score (nSPS) is 29.8. The number of nitrogens with one attached hydrogen (secondary N) is 1. The van der Waals surface area contributed by atoms with Crippen LogP contribution in [0.15, 0.2) is 0 Å². The minimum Gasteiger partial charge on any atom is -0.317 e. The molecule has 1 saturated carbocycles. The second kappa shape index (κ2) is 9.04. The Morgan fingerprint density at radius 1 is 1.19 bits per heavy atom. The first-order chi connectivity index (χ1) is 7.66. The summed E-state index contributed by atoms with van der Waals surface area (Å²) < 4.78 is 0. The Balaban J connectivity index is 0.00000106. The van der Waals surface area contributed by atoms with Crippen molar-refractivity contribution in [2.24, 2.45) is 23.7 Å². The minimum absolute atomic E-state index is 0.862. The second-order valence-electron chi connectivity index (χ2n) is 5.29. The molecule has 1 nitrogen and oxygen atoms in total. The third-order valence-corrected chi connectivity index (χ3v) is 3.96. The van der Waals surface area contributed by atoms with E-state index in [9.17, 15) is 0 Å². The van der Waals surface area contributed by atoms with Crippen LogP contribution in [0.4, 0.5) is 0 Å². The van der Waals surface area contributed by atoms with Gasteiger partial charge in [-0.25, -0.2) is 0 Å². The first kappa shape index (κ1) is 16.0. The fourth-order valence-electron chi connectivity index (χ4n) is 3.02. The van der Waals surface area contributed by atoms with E-state index < -0.39 is 0 Å². The van der Waals surface area contributed by atoms with Gasteiger partial charge < -0.3 is 5.32 Å². The quantitative estimate of drug-likeness (QED) is 0.754. The van der Waals surface area contributed by atoms with Gasteiger partial charge in [-0.3, -0.25) is 0 Å². The Morgan fingerprint density at radius 2 is 1.81 bits per heavy atom. The van der Waals surface area contributed by atoms with Gasteiger partial charge in [0.25, 0.3) is 0 Å². The van der Waals surface area contributed by atoms with Crippen molar-refractivity contribution >= 4 is 0 Å². The Bertz CT molecular complexity index is 154. The summed E-state index contributed by atoms with van der Waals surface area (Å²) >= 11 is 0. The fraction of sp³-hybridized carbons (Fsp3) is 1.00. The van der Waals surface area contributed by atoms with Crippen LogP contribution in [0.2, 0.25) is 0 Å². The van der Waals surface area contributed by atoms with Gasteiger partial charge in [0.2, 0.25) is 0 Å². The van der Waals surface area contributed by atoms with Crippen LogP contribution >= 0.6 is 0 Å². The van der Waals surface area contributed by atoms with Crippen LogP contribution in [0.1, 0.15) is 60.8 Å². The summed E-state index contributed by atoms with van der Waals surface area (Å²) in [6.45, 7) is 15.8. The summed E-state index contributed by atoms with van der Waals surface area (Å²) in [5.74, 6) is 3.66. The monoisotopic (exact) mass is 227 g/mol. The van der Waals surface area contributed by atoms with E-state index in [1.54, 1.807) is 0 Å². The van der Waals surface area contributed by atoms with Gasteiger partial charge in [-0.2, -0.15) is 0 Å². The second-order valence-corrected chi connectivity index (χ2v) is 5.29. The number of rotatable bonds is 4. The smallest absolute Gasteiger partial charge is 0.00153 e. The average molecular weight is 227 g/mol. The molecule has 0 aromatic rings. The van der Waals surface area contributed by atoms with Crippen molar-refractivity contribution in [1.29, 1.82) is 0 Å². The molecular weight excluding hydrogens is 194 g/mol. The molecule has 0 aromatic heterocycles. The van der Waals surface area contributed by atoms with Gasteiger partial charge >= 0.3 is 0 Å². The third-order valence-electron chi connectivity index (χ3n) is 3.96. The molecule has 0 saturated heterocycles. The van der Waals surface area contributed by atoms with Crippen molar-refractivity contribution < 1.29 is 0 Å². The molecule has 1 fully saturated rings. The Labute approximate surface area is 103 Å². The van der Waals surface area contributed by atoms with E-state index in [1.807, 2.05) is 13.8 Å². The lowest BCUT2D eigenvalue weighted by atomic mass is 9.68. The lowest BCUT2D eigenvalue weighted by Crippen LogP contribution is -2.37. The van der Waals surface area contributed by atoms with Crippen LogP contribution in [-0.2, 0) is 0 Å². The highest BCUT2D eigenvalue weighted by atomic mass is 14.9. The van der Waals surface area contributed by atoms with Gasteiger partial charge in [0.1, 0.15) is 0 Å². The molecule has 0 amide bonds. The highest BCUT2D eigenvalue weighted by Gasteiger charge is 2.31. The van der Waals surface area contributed by atoms with Crippen LogP contribution in [0.3, 0.4) is 0 Å². The molecule has 1 aliphatic carbocycles. The maximum atomic E-state index is 3.53. The predicted molar refractivity (Wildman–Crippen MR) is 74.7 cm³/mol. The zero-order valence-corrected chi connectivity index (χ0v) is 12.3. The molecule has 1 rings (SSSR count). The van der Waals surface area contributed by atoms with Crippen molar-refractivity contribution in [3.05, 3.63) is 0 Å². The zero-order chi connectivity index (χ0) is 12.6. The highest BCUT2D eigenvalue weighted by Crippen LogP contribution is 2.38. The third kappa shape index (κ3) is 4.86. The molecule has 0 spiro atoms. The molecule has 0 bridgehead atoms. The molecule has 1 heteroatoms. The summed E-state index contributed by atoms with van der Waals surface area (Å²) in [4.78, 5) is 0.